The number of ketones is 1. The van der Waals surface area contributed by atoms with Crippen LogP contribution in [0.15, 0.2) is 45.3 Å². The molecule has 0 saturated heterocycles. The molecule has 2 aromatic carbocycles. The molecule has 2 aromatic rings. The predicted molar refractivity (Wildman–Crippen MR) is 87.9 cm³/mol. The van der Waals surface area contributed by atoms with E-state index < -0.39 is 0 Å². The number of ether oxygens (including phenoxy) is 1. The van der Waals surface area contributed by atoms with Crippen LogP contribution in [0.3, 0.4) is 0 Å². The van der Waals surface area contributed by atoms with E-state index >= 15 is 0 Å². The Morgan fingerprint density at radius 2 is 1.90 bits per heavy atom. The predicted octanol–water partition coefficient (Wildman–Crippen LogP) is 5.49. The number of hydrogen-bond acceptors (Lipinski definition) is 2. The number of carbonyl (C=O) groups excluding carboxylic acids is 1. The summed E-state index contributed by atoms with van der Waals surface area (Å²) in [5.74, 6) is 0.650. The van der Waals surface area contributed by atoms with E-state index in [4.69, 9.17) is 16.3 Å². The van der Waals surface area contributed by atoms with E-state index in [2.05, 4.69) is 31.9 Å². The van der Waals surface area contributed by atoms with Gasteiger partial charge in [0.1, 0.15) is 5.75 Å². The lowest BCUT2D eigenvalue weighted by molar-refractivity contribution is 0.103. The van der Waals surface area contributed by atoms with E-state index in [1.807, 2.05) is 6.92 Å². The van der Waals surface area contributed by atoms with E-state index in [1.54, 1.807) is 36.4 Å². The molecule has 20 heavy (non-hydrogen) atoms. The van der Waals surface area contributed by atoms with Crippen molar-refractivity contribution in [2.75, 3.05) is 6.61 Å². The molecule has 0 N–H and O–H groups in total. The average Bonchev–Trinajstić information content (AvgIpc) is 2.40. The normalized spacial score (nSPS) is 10.4. The Morgan fingerprint density at radius 1 is 1.15 bits per heavy atom. The first-order chi connectivity index (χ1) is 9.52. The van der Waals surface area contributed by atoms with Gasteiger partial charge in [0, 0.05) is 20.6 Å². The third-order valence-electron chi connectivity index (χ3n) is 2.67. The Hall–Kier alpha value is -0.840. The van der Waals surface area contributed by atoms with Gasteiger partial charge in [-0.15, -0.1) is 0 Å². The molecule has 0 aromatic heterocycles. The highest BCUT2D eigenvalue weighted by molar-refractivity contribution is 9.10. The van der Waals surface area contributed by atoms with Crippen molar-refractivity contribution >= 4 is 49.2 Å². The molecule has 0 aliphatic carbocycles. The maximum atomic E-state index is 12.5. The molecule has 0 amide bonds. The first kappa shape index (κ1) is 15.5. The van der Waals surface area contributed by atoms with Crippen molar-refractivity contribution < 1.29 is 9.53 Å². The second-order valence-corrected chi connectivity index (χ2v) is 6.18. The van der Waals surface area contributed by atoms with E-state index in [0.29, 0.717) is 27.2 Å². The molecule has 0 atom stereocenters. The molecule has 0 heterocycles. The van der Waals surface area contributed by atoms with Crippen LogP contribution in [0.25, 0.3) is 0 Å². The molecule has 2 nitrogen and oxygen atoms in total. The summed E-state index contributed by atoms with van der Waals surface area (Å²) in [5.41, 5.74) is 1.16. The largest absolute Gasteiger partial charge is 0.493 e. The summed E-state index contributed by atoms with van der Waals surface area (Å²) < 4.78 is 6.87. The average molecular weight is 419 g/mol. The molecule has 104 valence electrons. The lowest BCUT2D eigenvalue weighted by atomic mass is 10.0. The highest BCUT2D eigenvalue weighted by Gasteiger charge is 2.14. The van der Waals surface area contributed by atoms with Gasteiger partial charge in [0.05, 0.1) is 11.1 Å². The van der Waals surface area contributed by atoms with Gasteiger partial charge in [-0.05, 0) is 75.2 Å². The summed E-state index contributed by atoms with van der Waals surface area (Å²) in [4.78, 5) is 12.5. The number of benzene rings is 2. The first-order valence-corrected chi connectivity index (χ1v) is 7.91. The summed E-state index contributed by atoms with van der Waals surface area (Å²) in [6, 6.07) is 10.4. The van der Waals surface area contributed by atoms with Crippen LogP contribution >= 0.6 is 43.5 Å². The number of rotatable bonds is 4. The van der Waals surface area contributed by atoms with Gasteiger partial charge in [-0.1, -0.05) is 11.6 Å². The molecule has 0 bridgehead atoms. The summed E-state index contributed by atoms with van der Waals surface area (Å²) in [7, 11) is 0. The molecular formula is C15H11Br2ClO2. The summed E-state index contributed by atoms with van der Waals surface area (Å²) in [6.07, 6.45) is 0. The minimum atomic E-state index is -0.0720. The van der Waals surface area contributed by atoms with Gasteiger partial charge in [0.25, 0.3) is 0 Å². The van der Waals surface area contributed by atoms with Crippen LogP contribution in [0.2, 0.25) is 5.02 Å². The molecule has 0 spiro atoms. The van der Waals surface area contributed by atoms with Gasteiger partial charge >= 0.3 is 0 Å². The third-order valence-corrected chi connectivity index (χ3v) is 4.18. The Balaban J connectivity index is 2.36. The molecule has 0 saturated carbocycles. The van der Waals surface area contributed by atoms with E-state index in [-0.39, 0.29) is 5.78 Å². The van der Waals surface area contributed by atoms with Crippen LogP contribution in [-0.2, 0) is 0 Å². The van der Waals surface area contributed by atoms with Crippen LogP contribution in [0.4, 0.5) is 0 Å². The summed E-state index contributed by atoms with van der Waals surface area (Å²) in [6.45, 7) is 2.49. The quantitative estimate of drug-likeness (QED) is 0.614. The fourth-order valence-corrected chi connectivity index (χ4v) is 3.10. The van der Waals surface area contributed by atoms with Gasteiger partial charge < -0.3 is 4.74 Å². The Morgan fingerprint density at radius 3 is 2.50 bits per heavy atom. The zero-order chi connectivity index (χ0) is 14.7. The van der Waals surface area contributed by atoms with Crippen molar-refractivity contribution in [1.82, 2.24) is 0 Å². The highest BCUT2D eigenvalue weighted by Crippen LogP contribution is 2.29. The maximum absolute atomic E-state index is 12.5. The second-order valence-electron chi connectivity index (χ2n) is 4.03. The molecule has 0 fully saturated rings. The molecule has 0 aliphatic heterocycles. The summed E-state index contributed by atoms with van der Waals surface area (Å²) >= 11 is 12.7. The van der Waals surface area contributed by atoms with Crippen LogP contribution in [0.5, 0.6) is 5.75 Å². The minimum Gasteiger partial charge on any atom is -0.493 e. The van der Waals surface area contributed by atoms with E-state index in [1.165, 1.54) is 0 Å². The van der Waals surface area contributed by atoms with Gasteiger partial charge in [-0.3, -0.25) is 4.79 Å². The van der Waals surface area contributed by atoms with Crippen LogP contribution < -0.4 is 4.74 Å². The van der Waals surface area contributed by atoms with Gasteiger partial charge in [-0.2, -0.15) is 0 Å². The standard InChI is InChI=1S/C15H11Br2ClO2/c1-2-20-14-6-3-9(7-13(14)17)15(19)11-5-4-10(18)8-12(11)16/h3-8H,2H2,1H3. The summed E-state index contributed by atoms with van der Waals surface area (Å²) in [5, 5.41) is 0.585. The fraction of sp³-hybridized carbons (Fsp3) is 0.133. The highest BCUT2D eigenvalue weighted by atomic mass is 79.9. The van der Waals surface area contributed by atoms with E-state index in [9.17, 15) is 4.79 Å². The number of hydrogen-bond donors (Lipinski definition) is 0. The van der Waals surface area contributed by atoms with Gasteiger partial charge in [0.15, 0.2) is 5.78 Å². The lowest BCUT2D eigenvalue weighted by Gasteiger charge is -2.08. The second kappa shape index (κ2) is 6.74. The fourth-order valence-electron chi connectivity index (χ4n) is 1.74. The monoisotopic (exact) mass is 416 g/mol. The van der Waals surface area contributed by atoms with Gasteiger partial charge in [-0.25, -0.2) is 0 Å². The molecular weight excluding hydrogens is 407 g/mol. The van der Waals surface area contributed by atoms with Crippen molar-refractivity contribution in [3.05, 3.63) is 61.5 Å². The number of halogens is 3. The SMILES string of the molecule is CCOc1ccc(C(=O)c2ccc(Cl)cc2Br)cc1Br. The molecule has 0 aliphatic rings. The van der Waals surface area contributed by atoms with Crippen molar-refractivity contribution in [3.63, 3.8) is 0 Å². The molecule has 2 rings (SSSR count). The van der Waals surface area contributed by atoms with Crippen LogP contribution in [0.1, 0.15) is 22.8 Å². The third kappa shape index (κ3) is 3.43. The van der Waals surface area contributed by atoms with Crippen molar-refractivity contribution in [2.45, 2.75) is 6.92 Å². The van der Waals surface area contributed by atoms with E-state index in [0.717, 1.165) is 10.2 Å². The zero-order valence-corrected chi connectivity index (χ0v) is 14.5. The van der Waals surface area contributed by atoms with Crippen molar-refractivity contribution in [2.24, 2.45) is 0 Å². The van der Waals surface area contributed by atoms with Crippen molar-refractivity contribution in [1.29, 1.82) is 0 Å². The smallest absolute Gasteiger partial charge is 0.194 e. The van der Waals surface area contributed by atoms with Crippen LogP contribution in [0, 0.1) is 0 Å². The molecule has 0 radical (unpaired) electrons. The maximum Gasteiger partial charge on any atom is 0.194 e. The molecule has 0 unspecified atom stereocenters. The van der Waals surface area contributed by atoms with Crippen LogP contribution in [-0.4, -0.2) is 12.4 Å². The topological polar surface area (TPSA) is 26.3 Å². The lowest BCUT2D eigenvalue weighted by Crippen LogP contribution is -2.03. The Labute approximate surface area is 139 Å². The molecule has 5 heteroatoms. The Bertz CT molecular complexity index is 656. The van der Waals surface area contributed by atoms with Gasteiger partial charge in [0.2, 0.25) is 0 Å². The first-order valence-electron chi connectivity index (χ1n) is 5.95. The Kier molecular flexibility index (Phi) is 5.24. The number of carbonyl (C=O) groups is 1. The van der Waals surface area contributed by atoms with Crippen molar-refractivity contribution in [3.8, 4) is 5.75 Å². The minimum absolute atomic E-state index is 0.0720. The zero-order valence-electron chi connectivity index (χ0n) is 10.6.